The van der Waals surface area contributed by atoms with Crippen LogP contribution >= 0.6 is 0 Å². The molecule has 0 atom stereocenters. The number of rotatable bonds is 4. The van der Waals surface area contributed by atoms with E-state index < -0.39 is 19.2 Å². The maximum absolute atomic E-state index is 12.0. The number of halogens is 3. The lowest BCUT2D eigenvalue weighted by atomic mass is 10.1. The van der Waals surface area contributed by atoms with E-state index in [0.717, 1.165) is 0 Å². The molecule has 0 fully saturated rings. The first-order chi connectivity index (χ1) is 8.35. The van der Waals surface area contributed by atoms with Crippen molar-refractivity contribution >= 4 is 5.84 Å². The van der Waals surface area contributed by atoms with Crippen LogP contribution in [0.15, 0.2) is 23.4 Å². The second-order valence-electron chi connectivity index (χ2n) is 3.65. The molecule has 1 aromatic carbocycles. The normalized spacial score (nSPS) is 12.6. The maximum atomic E-state index is 12.0. The second kappa shape index (κ2) is 5.61. The van der Waals surface area contributed by atoms with Gasteiger partial charge in [0.1, 0.15) is 5.75 Å². The van der Waals surface area contributed by atoms with E-state index in [1.807, 2.05) is 0 Å². The molecule has 0 aliphatic carbocycles. The van der Waals surface area contributed by atoms with Crippen molar-refractivity contribution < 1.29 is 23.1 Å². The average molecular weight is 262 g/mol. The number of alkyl halides is 3. The molecule has 3 N–H and O–H groups in total. The first kappa shape index (κ1) is 14.1. The van der Waals surface area contributed by atoms with Crippen LogP contribution in [0.4, 0.5) is 13.2 Å². The molecular formula is C11H13F3N2O2. The van der Waals surface area contributed by atoms with E-state index >= 15 is 0 Å². The smallest absolute Gasteiger partial charge is 0.392 e. The van der Waals surface area contributed by atoms with Crippen LogP contribution in [-0.4, -0.2) is 23.8 Å². The molecule has 0 spiro atoms. The van der Waals surface area contributed by atoms with E-state index in [9.17, 15) is 13.2 Å². The third-order valence-corrected chi connectivity index (χ3v) is 2.23. The summed E-state index contributed by atoms with van der Waals surface area (Å²) in [6, 6.07) is 4.81. The molecule has 0 aliphatic heterocycles. The predicted molar refractivity (Wildman–Crippen MR) is 59.9 cm³/mol. The molecule has 4 nitrogen and oxygen atoms in total. The number of benzene rings is 1. The Balaban J connectivity index is 2.87. The van der Waals surface area contributed by atoms with E-state index in [2.05, 4.69) is 5.16 Å². The summed E-state index contributed by atoms with van der Waals surface area (Å²) in [6.45, 7) is 1.15. The third kappa shape index (κ3) is 3.83. The van der Waals surface area contributed by atoms with Gasteiger partial charge in [-0.3, -0.25) is 0 Å². The largest absolute Gasteiger partial charge is 0.492 e. The maximum Gasteiger partial charge on any atom is 0.392 e. The molecule has 100 valence electrons. The van der Waals surface area contributed by atoms with Crippen LogP contribution in [0.2, 0.25) is 0 Å². The van der Waals surface area contributed by atoms with Crippen LogP contribution in [0.25, 0.3) is 0 Å². The number of hydrogen-bond donors (Lipinski definition) is 2. The van der Waals surface area contributed by atoms with Crippen LogP contribution in [0.5, 0.6) is 5.75 Å². The van der Waals surface area contributed by atoms with Gasteiger partial charge < -0.3 is 15.7 Å². The lowest BCUT2D eigenvalue weighted by molar-refractivity contribution is -0.139. The summed E-state index contributed by atoms with van der Waals surface area (Å²) in [5, 5.41) is 11.4. The fourth-order valence-corrected chi connectivity index (χ4v) is 1.37. The Morgan fingerprint density at radius 1 is 1.44 bits per heavy atom. The van der Waals surface area contributed by atoms with Gasteiger partial charge in [-0.25, -0.2) is 0 Å². The topological polar surface area (TPSA) is 67.8 Å². The molecule has 0 aliphatic rings. The highest BCUT2D eigenvalue weighted by Crippen LogP contribution is 2.25. The molecule has 1 aromatic rings. The fourth-order valence-electron chi connectivity index (χ4n) is 1.37. The molecule has 0 saturated carbocycles. The quantitative estimate of drug-likeness (QED) is 0.379. The number of ether oxygens (including phenoxy) is 1. The third-order valence-electron chi connectivity index (χ3n) is 2.23. The van der Waals surface area contributed by atoms with Gasteiger partial charge in [0, 0.05) is 0 Å². The highest BCUT2D eigenvalue weighted by Gasteiger charge is 2.27. The van der Waals surface area contributed by atoms with Crippen molar-refractivity contribution in [3.63, 3.8) is 0 Å². The number of aryl methyl sites for hydroxylation is 1. The minimum Gasteiger partial charge on any atom is -0.492 e. The summed E-state index contributed by atoms with van der Waals surface area (Å²) in [5.41, 5.74) is 6.30. The van der Waals surface area contributed by atoms with Gasteiger partial charge in [-0.1, -0.05) is 17.3 Å². The summed E-state index contributed by atoms with van der Waals surface area (Å²) in [5.74, 6) is -0.0160. The van der Waals surface area contributed by atoms with Crippen LogP contribution in [-0.2, 0) is 0 Å². The molecule has 7 heteroatoms. The summed E-state index contributed by atoms with van der Waals surface area (Å²) in [7, 11) is 0. The van der Waals surface area contributed by atoms with Crippen LogP contribution in [0.3, 0.4) is 0 Å². The van der Waals surface area contributed by atoms with Crippen molar-refractivity contribution in [1.82, 2.24) is 0 Å². The number of nitrogens with two attached hydrogens (primary N) is 1. The molecular weight excluding hydrogens is 249 g/mol. The first-order valence-electron chi connectivity index (χ1n) is 5.12. The Kier molecular flexibility index (Phi) is 4.41. The molecule has 0 unspecified atom stereocenters. The zero-order valence-corrected chi connectivity index (χ0v) is 9.66. The molecule has 0 aromatic heterocycles. The highest BCUT2D eigenvalue weighted by atomic mass is 19.4. The fraction of sp³-hybridized carbons (Fsp3) is 0.364. The molecule has 18 heavy (non-hydrogen) atoms. The second-order valence-corrected chi connectivity index (χ2v) is 3.65. The van der Waals surface area contributed by atoms with Gasteiger partial charge in [-0.15, -0.1) is 0 Å². The van der Waals surface area contributed by atoms with Crippen molar-refractivity contribution in [2.24, 2.45) is 10.9 Å². The standard InChI is InChI=1S/C11H13F3N2O2/c1-7-3-2-4-8(10(15)16-17)9(7)18-6-5-11(12,13)14/h2-4,17H,5-6H2,1H3,(H2,15,16). The number of amidine groups is 1. The van der Waals surface area contributed by atoms with E-state index in [-0.39, 0.29) is 17.1 Å². The molecule has 1 rings (SSSR count). The van der Waals surface area contributed by atoms with Crippen molar-refractivity contribution in [2.75, 3.05) is 6.61 Å². The Hall–Kier alpha value is -1.92. The number of oxime groups is 1. The van der Waals surface area contributed by atoms with Crippen molar-refractivity contribution in [3.8, 4) is 5.75 Å². The Bertz CT molecular complexity index is 444. The van der Waals surface area contributed by atoms with Crippen LogP contribution in [0, 0.1) is 6.92 Å². The zero-order chi connectivity index (χ0) is 13.8. The lowest BCUT2D eigenvalue weighted by Crippen LogP contribution is -2.18. The predicted octanol–water partition coefficient (Wildman–Crippen LogP) is 2.42. The molecule has 0 amide bonds. The Morgan fingerprint density at radius 2 is 2.11 bits per heavy atom. The summed E-state index contributed by atoms with van der Waals surface area (Å²) < 4.78 is 41.1. The van der Waals surface area contributed by atoms with Gasteiger partial charge in [0.2, 0.25) is 0 Å². The van der Waals surface area contributed by atoms with Gasteiger partial charge in [0.15, 0.2) is 5.84 Å². The van der Waals surface area contributed by atoms with Crippen molar-refractivity contribution in [2.45, 2.75) is 19.5 Å². The Labute approximate surface area is 102 Å². The van der Waals surface area contributed by atoms with Gasteiger partial charge in [0.25, 0.3) is 0 Å². The van der Waals surface area contributed by atoms with Crippen LogP contribution < -0.4 is 10.5 Å². The Morgan fingerprint density at radius 3 is 2.67 bits per heavy atom. The van der Waals surface area contributed by atoms with E-state index in [0.29, 0.717) is 5.56 Å². The van der Waals surface area contributed by atoms with E-state index in [1.54, 1.807) is 19.1 Å². The van der Waals surface area contributed by atoms with Gasteiger partial charge in [-0.2, -0.15) is 13.2 Å². The lowest BCUT2D eigenvalue weighted by Gasteiger charge is -2.14. The first-order valence-corrected chi connectivity index (χ1v) is 5.12. The summed E-state index contributed by atoms with van der Waals surface area (Å²) >= 11 is 0. The SMILES string of the molecule is Cc1cccc(/C(N)=N/O)c1OCCC(F)(F)F. The van der Waals surface area contributed by atoms with E-state index in [1.165, 1.54) is 6.07 Å². The van der Waals surface area contributed by atoms with Gasteiger partial charge in [-0.05, 0) is 18.6 Å². The molecule has 0 saturated heterocycles. The molecule has 0 bridgehead atoms. The monoisotopic (exact) mass is 262 g/mol. The van der Waals surface area contributed by atoms with Gasteiger partial charge >= 0.3 is 6.18 Å². The van der Waals surface area contributed by atoms with E-state index in [4.69, 9.17) is 15.7 Å². The minimum absolute atomic E-state index is 0.192. The number of para-hydroxylation sites is 1. The van der Waals surface area contributed by atoms with Gasteiger partial charge in [0.05, 0.1) is 18.6 Å². The zero-order valence-electron chi connectivity index (χ0n) is 9.66. The summed E-state index contributed by atoms with van der Waals surface area (Å²) in [4.78, 5) is 0. The molecule has 0 heterocycles. The minimum atomic E-state index is -4.28. The average Bonchev–Trinajstić information content (AvgIpc) is 2.28. The van der Waals surface area contributed by atoms with Crippen molar-refractivity contribution in [1.29, 1.82) is 0 Å². The number of hydrogen-bond acceptors (Lipinski definition) is 3. The highest BCUT2D eigenvalue weighted by molar-refractivity contribution is 5.99. The van der Waals surface area contributed by atoms with Crippen molar-refractivity contribution in [3.05, 3.63) is 29.3 Å². The number of nitrogens with zero attached hydrogens (tertiary/aromatic N) is 1. The van der Waals surface area contributed by atoms with Crippen LogP contribution in [0.1, 0.15) is 17.5 Å². The summed E-state index contributed by atoms with van der Waals surface area (Å²) in [6.07, 6.45) is -5.34. The molecule has 0 radical (unpaired) electrons.